The lowest BCUT2D eigenvalue weighted by molar-refractivity contribution is -0.130. The summed E-state index contributed by atoms with van der Waals surface area (Å²) in [5.41, 5.74) is -0.745. The summed E-state index contributed by atoms with van der Waals surface area (Å²) in [7, 11) is 0. The summed E-state index contributed by atoms with van der Waals surface area (Å²) in [6, 6.07) is -0.276. The van der Waals surface area contributed by atoms with Crippen LogP contribution in [0.1, 0.15) is 20.8 Å². The van der Waals surface area contributed by atoms with E-state index >= 15 is 0 Å². The topological polar surface area (TPSA) is 49.4 Å². The third-order valence-corrected chi connectivity index (χ3v) is 3.25. The smallest absolute Gasteiger partial charge is 0.324 e. The molecule has 0 saturated carbocycles. The van der Waals surface area contributed by atoms with E-state index < -0.39 is 5.54 Å². The van der Waals surface area contributed by atoms with Crippen LogP contribution in [-0.2, 0) is 4.79 Å². The number of imide groups is 1. The van der Waals surface area contributed by atoms with Crippen molar-refractivity contribution in [2.75, 3.05) is 18.1 Å². The van der Waals surface area contributed by atoms with Crippen LogP contribution in [-0.4, -0.2) is 40.4 Å². The van der Waals surface area contributed by atoms with Gasteiger partial charge in [0, 0.05) is 18.1 Å². The van der Waals surface area contributed by atoms with E-state index in [9.17, 15) is 9.59 Å². The summed E-state index contributed by atoms with van der Waals surface area (Å²) < 4.78 is 0. The molecule has 0 radical (unpaired) electrons. The molecule has 1 saturated heterocycles. The molecule has 1 heterocycles. The van der Waals surface area contributed by atoms with E-state index in [2.05, 4.69) is 11.4 Å². The van der Waals surface area contributed by atoms with E-state index in [1.807, 2.05) is 13.0 Å². The van der Waals surface area contributed by atoms with Crippen LogP contribution in [0.25, 0.3) is 0 Å². The molecule has 0 spiro atoms. The number of allylic oxidation sites excluding steroid dienone is 1. The van der Waals surface area contributed by atoms with Gasteiger partial charge in [-0.15, -0.1) is 0 Å². The molecular formula is C11H18N2O2S. The first kappa shape index (κ1) is 13.1. The standard InChI is InChI=1S/C11H18N2O2S/c1-4-5-7-16-8-6-13-9(14)11(2,3)12-10(13)15/h4-5H,6-8H2,1-3H3,(H,12,15). The zero-order valence-corrected chi connectivity index (χ0v) is 10.8. The Hall–Kier alpha value is -0.970. The van der Waals surface area contributed by atoms with Gasteiger partial charge in [0.1, 0.15) is 5.54 Å². The average Bonchev–Trinajstić information content (AvgIpc) is 2.39. The Bertz CT molecular complexity index is 313. The van der Waals surface area contributed by atoms with Gasteiger partial charge in [0.2, 0.25) is 0 Å². The van der Waals surface area contributed by atoms with Crippen LogP contribution in [0.15, 0.2) is 12.2 Å². The van der Waals surface area contributed by atoms with Crippen molar-refractivity contribution in [1.29, 1.82) is 0 Å². The van der Waals surface area contributed by atoms with Crippen molar-refractivity contribution in [1.82, 2.24) is 10.2 Å². The molecule has 0 bridgehead atoms. The van der Waals surface area contributed by atoms with Crippen LogP contribution in [0.3, 0.4) is 0 Å². The molecule has 0 aromatic heterocycles. The molecule has 1 rings (SSSR count). The quantitative estimate of drug-likeness (QED) is 0.453. The molecule has 0 unspecified atom stereocenters. The van der Waals surface area contributed by atoms with Crippen LogP contribution in [0.5, 0.6) is 0 Å². The fourth-order valence-electron chi connectivity index (χ4n) is 1.42. The predicted octanol–water partition coefficient (Wildman–Crippen LogP) is 1.63. The third kappa shape index (κ3) is 3.01. The number of rotatable bonds is 5. The molecule has 0 aromatic rings. The summed E-state index contributed by atoms with van der Waals surface area (Å²) in [6.07, 6.45) is 4.05. The van der Waals surface area contributed by atoms with Crippen molar-refractivity contribution in [2.24, 2.45) is 0 Å². The number of carbonyl (C=O) groups is 2. The SMILES string of the molecule is CC=CCSCCN1C(=O)NC(C)(C)C1=O. The summed E-state index contributed by atoms with van der Waals surface area (Å²) in [5.74, 6) is 1.56. The Morgan fingerprint density at radius 2 is 2.12 bits per heavy atom. The number of nitrogens with one attached hydrogen (secondary N) is 1. The van der Waals surface area contributed by atoms with Gasteiger partial charge in [-0.3, -0.25) is 9.69 Å². The van der Waals surface area contributed by atoms with Crippen molar-refractivity contribution in [2.45, 2.75) is 26.3 Å². The van der Waals surface area contributed by atoms with Crippen LogP contribution in [0.4, 0.5) is 4.79 Å². The summed E-state index contributed by atoms with van der Waals surface area (Å²) in [6.45, 7) is 5.90. The number of urea groups is 1. The summed E-state index contributed by atoms with van der Waals surface area (Å²) in [4.78, 5) is 24.6. The number of hydrogen-bond acceptors (Lipinski definition) is 3. The molecular weight excluding hydrogens is 224 g/mol. The lowest BCUT2D eigenvalue weighted by Crippen LogP contribution is -2.40. The number of hydrogen-bond donors (Lipinski definition) is 1. The normalized spacial score (nSPS) is 19.6. The molecule has 1 aliphatic heterocycles. The Balaban J connectivity index is 2.38. The molecule has 0 aromatic carbocycles. The van der Waals surface area contributed by atoms with Gasteiger partial charge in [0.25, 0.3) is 5.91 Å². The van der Waals surface area contributed by atoms with Gasteiger partial charge in [-0.1, -0.05) is 12.2 Å². The lowest BCUT2D eigenvalue weighted by atomic mass is 10.1. The number of carbonyl (C=O) groups excluding carboxylic acids is 2. The van der Waals surface area contributed by atoms with E-state index in [0.29, 0.717) is 6.54 Å². The highest BCUT2D eigenvalue weighted by Gasteiger charge is 2.43. The molecule has 1 N–H and O–H groups in total. The molecule has 5 heteroatoms. The van der Waals surface area contributed by atoms with E-state index in [1.165, 1.54) is 4.90 Å². The van der Waals surface area contributed by atoms with Gasteiger partial charge in [-0.05, 0) is 20.8 Å². The van der Waals surface area contributed by atoms with Crippen molar-refractivity contribution in [3.63, 3.8) is 0 Å². The fourth-order valence-corrected chi connectivity index (χ4v) is 2.23. The maximum absolute atomic E-state index is 11.8. The van der Waals surface area contributed by atoms with Crippen LogP contribution < -0.4 is 5.32 Å². The van der Waals surface area contributed by atoms with Gasteiger partial charge in [-0.25, -0.2) is 4.79 Å². The maximum Gasteiger partial charge on any atom is 0.325 e. The Labute approximate surface area is 100 Å². The van der Waals surface area contributed by atoms with Crippen molar-refractivity contribution in [3.05, 3.63) is 12.2 Å². The fraction of sp³-hybridized carbons (Fsp3) is 0.636. The van der Waals surface area contributed by atoms with Gasteiger partial charge in [0.15, 0.2) is 0 Å². The minimum atomic E-state index is -0.745. The monoisotopic (exact) mass is 242 g/mol. The third-order valence-electron chi connectivity index (χ3n) is 2.35. The highest BCUT2D eigenvalue weighted by Crippen LogP contribution is 2.16. The van der Waals surface area contributed by atoms with Crippen molar-refractivity contribution < 1.29 is 9.59 Å². The van der Waals surface area contributed by atoms with Crippen molar-refractivity contribution >= 4 is 23.7 Å². The van der Waals surface area contributed by atoms with Crippen LogP contribution in [0, 0.1) is 0 Å². The number of amides is 3. The second-order valence-electron chi connectivity index (χ2n) is 4.16. The Morgan fingerprint density at radius 1 is 1.44 bits per heavy atom. The first-order valence-corrected chi connectivity index (χ1v) is 6.47. The summed E-state index contributed by atoms with van der Waals surface area (Å²) >= 11 is 1.71. The number of nitrogens with zero attached hydrogens (tertiary/aromatic N) is 1. The zero-order valence-electron chi connectivity index (χ0n) is 9.95. The summed E-state index contributed by atoms with van der Waals surface area (Å²) in [5, 5.41) is 2.66. The average molecular weight is 242 g/mol. The van der Waals surface area contributed by atoms with Gasteiger partial charge < -0.3 is 5.32 Å². The first-order chi connectivity index (χ1) is 7.49. The highest BCUT2D eigenvalue weighted by atomic mass is 32.2. The second-order valence-corrected chi connectivity index (χ2v) is 5.31. The molecule has 0 atom stereocenters. The highest BCUT2D eigenvalue weighted by molar-refractivity contribution is 7.99. The molecule has 1 fully saturated rings. The van der Waals surface area contributed by atoms with Gasteiger partial charge in [0.05, 0.1) is 0 Å². The van der Waals surface area contributed by atoms with E-state index in [-0.39, 0.29) is 11.9 Å². The molecule has 16 heavy (non-hydrogen) atoms. The Morgan fingerprint density at radius 3 is 2.62 bits per heavy atom. The number of thioether (sulfide) groups is 1. The van der Waals surface area contributed by atoms with Crippen LogP contribution in [0.2, 0.25) is 0 Å². The molecule has 0 aliphatic carbocycles. The Kier molecular flexibility index (Phi) is 4.41. The predicted molar refractivity (Wildman–Crippen MR) is 66.5 cm³/mol. The molecule has 3 amide bonds. The zero-order chi connectivity index (χ0) is 12.2. The molecule has 1 aliphatic rings. The van der Waals surface area contributed by atoms with Gasteiger partial charge in [-0.2, -0.15) is 11.8 Å². The van der Waals surface area contributed by atoms with E-state index in [1.54, 1.807) is 25.6 Å². The molecule has 4 nitrogen and oxygen atoms in total. The second kappa shape index (κ2) is 5.39. The first-order valence-electron chi connectivity index (χ1n) is 5.32. The minimum Gasteiger partial charge on any atom is -0.324 e. The maximum atomic E-state index is 11.8. The van der Waals surface area contributed by atoms with Crippen LogP contribution >= 0.6 is 11.8 Å². The van der Waals surface area contributed by atoms with Gasteiger partial charge >= 0.3 is 6.03 Å². The lowest BCUT2D eigenvalue weighted by Gasteiger charge is -2.15. The van der Waals surface area contributed by atoms with E-state index in [0.717, 1.165) is 11.5 Å². The largest absolute Gasteiger partial charge is 0.325 e. The minimum absolute atomic E-state index is 0.135. The molecule has 90 valence electrons. The van der Waals surface area contributed by atoms with Crippen molar-refractivity contribution in [3.8, 4) is 0 Å². The van der Waals surface area contributed by atoms with E-state index in [4.69, 9.17) is 0 Å².